The van der Waals surface area contributed by atoms with Crippen LogP contribution in [0.25, 0.3) is 0 Å². The second-order valence-corrected chi connectivity index (χ2v) is 3.70. The van der Waals surface area contributed by atoms with E-state index < -0.39 is 5.97 Å². The number of rotatable bonds is 1. The largest absolute Gasteiger partial charge is 0.475 e. The maximum absolute atomic E-state index is 10.8. The Morgan fingerprint density at radius 2 is 2.36 bits per heavy atom. The van der Waals surface area contributed by atoms with Gasteiger partial charge in [-0.25, -0.2) is 4.79 Å². The molecule has 0 aliphatic heterocycles. The van der Waals surface area contributed by atoms with Gasteiger partial charge in [-0.3, -0.25) is 0 Å². The molecule has 0 aromatic carbocycles. The lowest BCUT2D eigenvalue weighted by Crippen LogP contribution is -2.16. The number of hydrogen-bond donors (Lipinski definition) is 2. The van der Waals surface area contributed by atoms with Crippen molar-refractivity contribution in [3.8, 4) is 0 Å². The summed E-state index contributed by atoms with van der Waals surface area (Å²) in [5.74, 6) is -0.199. The number of nitrogens with two attached hydrogens (primary N) is 1. The van der Waals surface area contributed by atoms with Crippen molar-refractivity contribution in [2.75, 3.05) is 0 Å². The normalized spacial score (nSPS) is 20.6. The Morgan fingerprint density at radius 1 is 1.64 bits per heavy atom. The summed E-state index contributed by atoms with van der Waals surface area (Å²) in [6, 6.07) is -0.0596. The molecule has 0 saturated heterocycles. The van der Waals surface area contributed by atoms with Gasteiger partial charge in [-0.2, -0.15) is 0 Å². The summed E-state index contributed by atoms with van der Waals surface area (Å²) in [6.07, 6.45) is 2.68. The quantitative estimate of drug-likeness (QED) is 0.713. The summed E-state index contributed by atoms with van der Waals surface area (Å²) in [4.78, 5) is 10.8. The van der Waals surface area contributed by atoms with Gasteiger partial charge in [0.2, 0.25) is 5.76 Å². The van der Waals surface area contributed by atoms with Gasteiger partial charge in [0.15, 0.2) is 0 Å². The minimum absolute atomic E-state index is 0.0485. The fraction of sp³-hybridized carbons (Fsp3) is 0.500. The van der Waals surface area contributed by atoms with Crippen molar-refractivity contribution in [2.45, 2.75) is 32.2 Å². The van der Waals surface area contributed by atoms with Crippen molar-refractivity contribution in [1.82, 2.24) is 0 Å². The number of aryl methyl sites for hydroxylation is 1. The van der Waals surface area contributed by atoms with Gasteiger partial charge in [0.25, 0.3) is 0 Å². The highest BCUT2D eigenvalue weighted by molar-refractivity contribution is 5.86. The highest BCUT2D eigenvalue weighted by atomic mass is 16.4. The van der Waals surface area contributed by atoms with Crippen molar-refractivity contribution < 1.29 is 14.3 Å². The summed E-state index contributed by atoms with van der Waals surface area (Å²) in [6.45, 7) is 1.76. The van der Waals surface area contributed by atoms with Gasteiger partial charge in [-0.15, -0.1) is 0 Å². The van der Waals surface area contributed by atoms with Crippen molar-refractivity contribution in [3.05, 3.63) is 22.6 Å². The van der Waals surface area contributed by atoms with E-state index in [-0.39, 0.29) is 11.8 Å². The first kappa shape index (κ1) is 9.27. The topological polar surface area (TPSA) is 76.5 Å². The third-order valence-electron chi connectivity index (χ3n) is 2.75. The smallest absolute Gasteiger partial charge is 0.372 e. The van der Waals surface area contributed by atoms with Crippen LogP contribution in [0.4, 0.5) is 0 Å². The van der Waals surface area contributed by atoms with Crippen molar-refractivity contribution in [3.63, 3.8) is 0 Å². The molecular weight excluding hydrogens is 182 g/mol. The fourth-order valence-electron chi connectivity index (χ4n) is 2.09. The van der Waals surface area contributed by atoms with Gasteiger partial charge in [0.05, 0.1) is 0 Å². The second kappa shape index (κ2) is 3.13. The summed E-state index contributed by atoms with van der Waals surface area (Å²) >= 11 is 0. The maximum atomic E-state index is 10.8. The Morgan fingerprint density at radius 3 is 2.93 bits per heavy atom. The summed E-state index contributed by atoms with van der Waals surface area (Å²) < 4.78 is 5.29. The molecule has 14 heavy (non-hydrogen) atoms. The standard InChI is InChI=1S/C10H13NO3/c1-5-8-6(11)3-2-4-7(8)14-9(5)10(12)13/h6H,2-4,11H2,1H3,(H,12,13)/t6-/m0/s1. The number of aromatic carboxylic acids is 1. The van der Waals surface area contributed by atoms with Crippen LogP contribution in [0.3, 0.4) is 0 Å². The number of carboxylic acids is 1. The van der Waals surface area contributed by atoms with E-state index in [1.165, 1.54) is 0 Å². The third kappa shape index (κ3) is 1.23. The predicted molar refractivity (Wildman–Crippen MR) is 50.3 cm³/mol. The van der Waals surface area contributed by atoms with Gasteiger partial charge in [-0.05, 0) is 19.8 Å². The van der Waals surface area contributed by atoms with Crippen molar-refractivity contribution >= 4 is 5.97 Å². The van der Waals surface area contributed by atoms with E-state index in [1.807, 2.05) is 0 Å². The zero-order valence-electron chi connectivity index (χ0n) is 8.04. The van der Waals surface area contributed by atoms with Crippen LogP contribution in [0.5, 0.6) is 0 Å². The molecule has 2 rings (SSSR count). The molecule has 1 heterocycles. The molecule has 0 fully saturated rings. The van der Waals surface area contributed by atoms with Crippen LogP contribution in [0.15, 0.2) is 4.42 Å². The molecule has 4 heteroatoms. The van der Waals surface area contributed by atoms with Crippen LogP contribution in [-0.4, -0.2) is 11.1 Å². The van der Waals surface area contributed by atoms with Crippen LogP contribution in [0, 0.1) is 6.92 Å². The van der Waals surface area contributed by atoms with E-state index in [9.17, 15) is 4.79 Å². The molecule has 1 aliphatic rings. The molecule has 1 aromatic rings. The van der Waals surface area contributed by atoms with E-state index in [0.717, 1.165) is 30.6 Å². The molecule has 0 amide bonds. The number of furan rings is 1. The molecule has 0 spiro atoms. The first-order valence-electron chi connectivity index (χ1n) is 4.72. The Hall–Kier alpha value is -1.29. The Balaban J connectivity index is 2.55. The molecule has 0 bridgehead atoms. The fourth-order valence-corrected chi connectivity index (χ4v) is 2.09. The minimum Gasteiger partial charge on any atom is -0.475 e. The van der Waals surface area contributed by atoms with E-state index in [1.54, 1.807) is 6.92 Å². The maximum Gasteiger partial charge on any atom is 0.372 e. The van der Waals surface area contributed by atoms with Crippen LogP contribution in [0.2, 0.25) is 0 Å². The first-order valence-corrected chi connectivity index (χ1v) is 4.72. The zero-order chi connectivity index (χ0) is 10.3. The highest BCUT2D eigenvalue weighted by Gasteiger charge is 2.27. The molecule has 76 valence electrons. The van der Waals surface area contributed by atoms with Gasteiger partial charge < -0.3 is 15.3 Å². The lowest BCUT2D eigenvalue weighted by molar-refractivity contribution is 0.0659. The molecule has 1 atom stereocenters. The molecule has 3 N–H and O–H groups in total. The number of carboxylic acid groups (broad SMARTS) is 1. The molecule has 4 nitrogen and oxygen atoms in total. The summed E-state index contributed by atoms with van der Waals surface area (Å²) in [5, 5.41) is 8.87. The average molecular weight is 195 g/mol. The molecular formula is C10H13NO3. The van der Waals surface area contributed by atoms with Gasteiger partial charge in [0.1, 0.15) is 5.76 Å². The van der Waals surface area contributed by atoms with Gasteiger partial charge in [0, 0.05) is 23.6 Å². The van der Waals surface area contributed by atoms with Gasteiger partial charge >= 0.3 is 5.97 Å². The second-order valence-electron chi connectivity index (χ2n) is 3.70. The van der Waals surface area contributed by atoms with Crippen molar-refractivity contribution in [1.29, 1.82) is 0 Å². The zero-order valence-corrected chi connectivity index (χ0v) is 8.04. The van der Waals surface area contributed by atoms with Crippen LogP contribution in [0.1, 0.15) is 46.3 Å². The Labute approximate surface area is 81.7 Å². The Kier molecular flexibility index (Phi) is 2.07. The highest BCUT2D eigenvalue weighted by Crippen LogP contribution is 2.34. The monoisotopic (exact) mass is 195 g/mol. The molecule has 1 aromatic heterocycles. The third-order valence-corrected chi connectivity index (χ3v) is 2.75. The predicted octanol–water partition coefficient (Wildman–Crippen LogP) is 1.62. The number of fused-ring (bicyclic) bond motifs is 1. The molecule has 1 aliphatic carbocycles. The lowest BCUT2D eigenvalue weighted by Gasteiger charge is -2.17. The summed E-state index contributed by atoms with van der Waals surface area (Å²) in [7, 11) is 0. The van der Waals surface area contributed by atoms with E-state index >= 15 is 0 Å². The average Bonchev–Trinajstić information content (AvgIpc) is 2.45. The van der Waals surface area contributed by atoms with Crippen LogP contribution in [-0.2, 0) is 6.42 Å². The van der Waals surface area contributed by atoms with Crippen LogP contribution >= 0.6 is 0 Å². The van der Waals surface area contributed by atoms with Gasteiger partial charge in [-0.1, -0.05) is 0 Å². The summed E-state index contributed by atoms with van der Waals surface area (Å²) in [5.41, 5.74) is 7.51. The molecule has 0 radical (unpaired) electrons. The number of carbonyl (C=O) groups is 1. The van der Waals surface area contributed by atoms with Crippen LogP contribution < -0.4 is 5.73 Å². The Bertz CT molecular complexity index is 381. The first-order chi connectivity index (χ1) is 6.61. The molecule has 0 saturated carbocycles. The van der Waals surface area contributed by atoms with Crippen molar-refractivity contribution in [2.24, 2.45) is 5.73 Å². The van der Waals surface area contributed by atoms with E-state index in [0.29, 0.717) is 5.56 Å². The SMILES string of the molecule is Cc1c(C(=O)O)oc2c1[C@@H](N)CCC2. The van der Waals surface area contributed by atoms with E-state index in [4.69, 9.17) is 15.3 Å². The minimum atomic E-state index is -1.01. The van der Waals surface area contributed by atoms with E-state index in [2.05, 4.69) is 0 Å². The lowest BCUT2D eigenvalue weighted by atomic mass is 9.91. The molecule has 0 unspecified atom stereocenters. The number of hydrogen-bond acceptors (Lipinski definition) is 3.